The Hall–Kier alpha value is -0.470. The van der Waals surface area contributed by atoms with Crippen LogP contribution in [-0.4, -0.2) is 44.6 Å². The van der Waals surface area contributed by atoms with Crippen molar-refractivity contribution in [3.8, 4) is 0 Å². The highest BCUT2D eigenvalue weighted by atomic mass is 79.9. The van der Waals surface area contributed by atoms with Gasteiger partial charge in [0.25, 0.3) is 0 Å². The van der Waals surface area contributed by atoms with Gasteiger partial charge in [0.05, 0.1) is 11.5 Å². The zero-order valence-corrected chi connectivity index (χ0v) is 13.7. The molecule has 0 saturated carbocycles. The maximum atomic E-state index is 12.3. The van der Waals surface area contributed by atoms with Gasteiger partial charge in [-0.3, -0.25) is 0 Å². The number of rotatable bonds is 5. The molecule has 1 saturated heterocycles. The molecule has 20 heavy (non-hydrogen) atoms. The van der Waals surface area contributed by atoms with Gasteiger partial charge >= 0.3 is 0 Å². The van der Waals surface area contributed by atoms with Crippen molar-refractivity contribution < 1.29 is 13.5 Å². The molecule has 0 aliphatic carbocycles. The van der Waals surface area contributed by atoms with E-state index >= 15 is 0 Å². The Morgan fingerprint density at radius 1 is 1.50 bits per heavy atom. The van der Waals surface area contributed by atoms with E-state index in [1.165, 1.54) is 6.07 Å². The Balaban J connectivity index is 2.10. The highest BCUT2D eigenvalue weighted by molar-refractivity contribution is 9.10. The molecule has 1 heterocycles. The van der Waals surface area contributed by atoms with Crippen molar-refractivity contribution in [2.75, 3.05) is 20.1 Å². The second-order valence-corrected chi connectivity index (χ2v) is 7.64. The predicted octanol–water partition coefficient (Wildman–Crippen LogP) is 1.31. The number of benzene rings is 1. The first kappa shape index (κ1) is 15.9. The molecule has 1 aromatic rings. The SMILES string of the molecule is CN1CCCC1CNS(=O)(=O)c1ccc(CO)cc1Br. The number of sulfonamides is 1. The summed E-state index contributed by atoms with van der Waals surface area (Å²) in [5, 5.41) is 9.04. The van der Waals surface area contributed by atoms with E-state index in [0.717, 1.165) is 19.4 Å². The number of aliphatic hydroxyl groups excluding tert-OH is 1. The van der Waals surface area contributed by atoms with Crippen LogP contribution in [0.15, 0.2) is 27.6 Å². The van der Waals surface area contributed by atoms with Gasteiger partial charge in [-0.2, -0.15) is 0 Å². The number of halogens is 1. The molecule has 2 N–H and O–H groups in total. The number of aliphatic hydroxyl groups is 1. The van der Waals surface area contributed by atoms with E-state index in [1.807, 2.05) is 7.05 Å². The summed E-state index contributed by atoms with van der Waals surface area (Å²) >= 11 is 3.25. The smallest absolute Gasteiger partial charge is 0.241 e. The van der Waals surface area contributed by atoms with E-state index in [1.54, 1.807) is 12.1 Å². The number of hydrogen-bond acceptors (Lipinski definition) is 4. The van der Waals surface area contributed by atoms with Gasteiger partial charge < -0.3 is 10.0 Å². The summed E-state index contributed by atoms with van der Waals surface area (Å²) in [7, 11) is -1.52. The number of nitrogens with one attached hydrogen (secondary N) is 1. The van der Waals surface area contributed by atoms with Gasteiger partial charge in [-0.15, -0.1) is 0 Å². The van der Waals surface area contributed by atoms with Gasteiger partial charge in [0.15, 0.2) is 0 Å². The molecular weight excluding hydrogens is 344 g/mol. The van der Waals surface area contributed by atoms with Crippen molar-refractivity contribution in [1.29, 1.82) is 0 Å². The van der Waals surface area contributed by atoms with Crippen LogP contribution in [0.2, 0.25) is 0 Å². The van der Waals surface area contributed by atoms with E-state index in [4.69, 9.17) is 5.11 Å². The molecule has 0 amide bonds. The highest BCUT2D eigenvalue weighted by Gasteiger charge is 2.24. The number of likely N-dealkylation sites (N-methyl/N-ethyl adjacent to an activating group) is 1. The fourth-order valence-corrected chi connectivity index (χ4v) is 4.58. The minimum Gasteiger partial charge on any atom is -0.392 e. The van der Waals surface area contributed by atoms with Crippen molar-refractivity contribution in [3.05, 3.63) is 28.2 Å². The Bertz CT molecular complexity index is 577. The second kappa shape index (κ2) is 6.53. The summed E-state index contributed by atoms with van der Waals surface area (Å²) in [5.74, 6) is 0. The maximum absolute atomic E-state index is 12.3. The molecule has 112 valence electrons. The van der Waals surface area contributed by atoms with E-state index in [9.17, 15) is 8.42 Å². The van der Waals surface area contributed by atoms with Crippen molar-refractivity contribution in [2.24, 2.45) is 0 Å². The lowest BCUT2D eigenvalue weighted by Gasteiger charge is -2.20. The lowest BCUT2D eigenvalue weighted by molar-refractivity contribution is 0.281. The maximum Gasteiger partial charge on any atom is 0.241 e. The van der Waals surface area contributed by atoms with Crippen molar-refractivity contribution in [1.82, 2.24) is 9.62 Å². The lowest BCUT2D eigenvalue weighted by Crippen LogP contribution is -2.38. The average molecular weight is 363 g/mol. The van der Waals surface area contributed by atoms with Gasteiger partial charge in [-0.25, -0.2) is 13.1 Å². The van der Waals surface area contributed by atoms with Crippen LogP contribution < -0.4 is 4.72 Å². The zero-order valence-electron chi connectivity index (χ0n) is 11.3. The van der Waals surface area contributed by atoms with Crippen LogP contribution in [0, 0.1) is 0 Å². The minimum atomic E-state index is -3.53. The summed E-state index contributed by atoms with van der Waals surface area (Å²) in [6.07, 6.45) is 2.13. The molecule has 0 bridgehead atoms. The van der Waals surface area contributed by atoms with Crippen LogP contribution in [0.5, 0.6) is 0 Å². The third-order valence-electron chi connectivity index (χ3n) is 3.65. The highest BCUT2D eigenvalue weighted by Crippen LogP contribution is 2.23. The summed E-state index contributed by atoms with van der Waals surface area (Å²) in [6, 6.07) is 5.01. The van der Waals surface area contributed by atoms with Gasteiger partial charge in [0.2, 0.25) is 10.0 Å². The normalized spacial score (nSPS) is 20.4. The largest absolute Gasteiger partial charge is 0.392 e. The molecule has 5 nitrogen and oxygen atoms in total. The summed E-state index contributed by atoms with van der Waals surface area (Å²) in [6.45, 7) is 1.33. The molecule has 1 aliphatic heterocycles. The van der Waals surface area contributed by atoms with Crippen LogP contribution >= 0.6 is 15.9 Å². The van der Waals surface area contributed by atoms with Gasteiger partial charge in [-0.1, -0.05) is 6.07 Å². The van der Waals surface area contributed by atoms with Crippen molar-refractivity contribution >= 4 is 26.0 Å². The van der Waals surface area contributed by atoms with Crippen LogP contribution in [0.25, 0.3) is 0 Å². The minimum absolute atomic E-state index is 0.112. The quantitative estimate of drug-likeness (QED) is 0.828. The summed E-state index contributed by atoms with van der Waals surface area (Å²) in [4.78, 5) is 2.38. The second-order valence-electron chi connectivity index (χ2n) is 5.05. The molecule has 0 aromatic heterocycles. The molecule has 1 fully saturated rings. The monoisotopic (exact) mass is 362 g/mol. The van der Waals surface area contributed by atoms with Crippen molar-refractivity contribution in [3.63, 3.8) is 0 Å². The van der Waals surface area contributed by atoms with Gasteiger partial charge in [-0.05, 0) is 60.1 Å². The summed E-state index contributed by atoms with van der Waals surface area (Å²) < 4.78 is 27.7. The molecule has 7 heteroatoms. The number of hydrogen-bond donors (Lipinski definition) is 2. The third kappa shape index (κ3) is 3.59. The van der Waals surface area contributed by atoms with E-state index in [2.05, 4.69) is 25.6 Å². The molecule has 1 unspecified atom stereocenters. The number of nitrogens with zero attached hydrogens (tertiary/aromatic N) is 1. The van der Waals surface area contributed by atoms with Crippen LogP contribution in [0.4, 0.5) is 0 Å². The lowest BCUT2D eigenvalue weighted by atomic mass is 10.2. The Morgan fingerprint density at radius 2 is 2.25 bits per heavy atom. The zero-order chi connectivity index (χ0) is 14.8. The van der Waals surface area contributed by atoms with Crippen LogP contribution in [0.1, 0.15) is 18.4 Å². The Labute approximate surface area is 128 Å². The molecule has 1 aliphatic rings. The third-order valence-corrected chi connectivity index (χ3v) is 6.05. The van der Waals surface area contributed by atoms with E-state index in [-0.39, 0.29) is 17.5 Å². The molecular formula is C13H19BrN2O3S. The molecule has 0 radical (unpaired) electrons. The predicted molar refractivity (Wildman–Crippen MR) is 80.9 cm³/mol. The first-order valence-electron chi connectivity index (χ1n) is 6.53. The molecule has 1 aromatic carbocycles. The van der Waals surface area contributed by atoms with Crippen LogP contribution in [-0.2, 0) is 16.6 Å². The first-order chi connectivity index (χ1) is 9.44. The average Bonchev–Trinajstić information content (AvgIpc) is 2.81. The van der Waals surface area contributed by atoms with Crippen LogP contribution in [0.3, 0.4) is 0 Å². The fraction of sp³-hybridized carbons (Fsp3) is 0.538. The number of likely N-dealkylation sites (tertiary alicyclic amines) is 1. The standard InChI is InChI=1S/C13H19BrN2O3S/c1-16-6-2-3-11(16)8-15-20(18,19)13-5-4-10(9-17)7-12(13)14/h4-5,7,11,15,17H,2-3,6,8-9H2,1H3. The van der Waals surface area contributed by atoms with Gasteiger partial charge in [0, 0.05) is 17.1 Å². The van der Waals surface area contributed by atoms with Gasteiger partial charge in [0.1, 0.15) is 0 Å². The van der Waals surface area contributed by atoms with E-state index in [0.29, 0.717) is 16.6 Å². The molecule has 0 spiro atoms. The Morgan fingerprint density at radius 3 is 2.80 bits per heavy atom. The summed E-state index contributed by atoms with van der Waals surface area (Å²) in [5.41, 5.74) is 0.673. The topological polar surface area (TPSA) is 69.6 Å². The Kier molecular flexibility index (Phi) is 5.19. The van der Waals surface area contributed by atoms with E-state index < -0.39 is 10.0 Å². The fourth-order valence-electron chi connectivity index (χ4n) is 2.38. The first-order valence-corrected chi connectivity index (χ1v) is 8.81. The molecule has 1 atom stereocenters. The van der Waals surface area contributed by atoms with Crippen molar-refractivity contribution in [2.45, 2.75) is 30.4 Å². The molecule has 2 rings (SSSR count).